The van der Waals surface area contributed by atoms with Crippen molar-refractivity contribution in [1.29, 1.82) is 0 Å². The van der Waals surface area contributed by atoms with Crippen LogP contribution in [0.25, 0.3) is 6.08 Å². The lowest BCUT2D eigenvalue weighted by Gasteiger charge is -2.07. The molecule has 1 nitrogen and oxygen atoms in total. The smallest absolute Gasteiger partial charge is 0.0413 e. The Morgan fingerprint density at radius 2 is 2.00 bits per heavy atom. The van der Waals surface area contributed by atoms with Gasteiger partial charge in [0.1, 0.15) is 0 Å². The van der Waals surface area contributed by atoms with Crippen LogP contribution in [0, 0.1) is 6.92 Å². The SMILES string of the molecule is C=Cc1cc(C)ccc1NCC.CC. The first-order valence-electron chi connectivity index (χ1n) is 5.25. The first-order chi connectivity index (χ1) is 6.77. The number of anilines is 1. The Morgan fingerprint density at radius 1 is 1.36 bits per heavy atom. The molecule has 0 fully saturated rings. The van der Waals surface area contributed by atoms with Crippen molar-refractivity contribution in [3.63, 3.8) is 0 Å². The molecule has 0 amide bonds. The maximum absolute atomic E-state index is 3.77. The zero-order valence-corrected chi connectivity index (χ0v) is 9.72. The second-order valence-electron chi connectivity index (χ2n) is 2.83. The molecule has 0 aliphatic rings. The number of rotatable bonds is 3. The number of benzene rings is 1. The fourth-order valence-electron chi connectivity index (χ4n) is 1.20. The summed E-state index contributed by atoms with van der Waals surface area (Å²) in [6, 6.07) is 6.33. The number of aryl methyl sites for hydroxylation is 1. The molecule has 1 rings (SSSR count). The van der Waals surface area contributed by atoms with E-state index >= 15 is 0 Å². The van der Waals surface area contributed by atoms with Crippen LogP contribution in [0.5, 0.6) is 0 Å². The summed E-state index contributed by atoms with van der Waals surface area (Å²) in [4.78, 5) is 0. The monoisotopic (exact) mass is 191 g/mol. The Bertz CT molecular complexity index is 277. The summed E-state index contributed by atoms with van der Waals surface area (Å²) in [5, 5.41) is 3.28. The van der Waals surface area contributed by atoms with Crippen molar-refractivity contribution in [1.82, 2.24) is 0 Å². The van der Waals surface area contributed by atoms with Gasteiger partial charge in [-0.1, -0.05) is 38.1 Å². The van der Waals surface area contributed by atoms with E-state index in [2.05, 4.69) is 43.9 Å². The molecule has 0 radical (unpaired) electrons. The third-order valence-corrected chi connectivity index (χ3v) is 1.79. The van der Waals surface area contributed by atoms with Gasteiger partial charge in [0.2, 0.25) is 0 Å². The molecule has 1 N–H and O–H groups in total. The van der Waals surface area contributed by atoms with E-state index in [4.69, 9.17) is 0 Å². The molecule has 1 heteroatoms. The van der Waals surface area contributed by atoms with E-state index < -0.39 is 0 Å². The van der Waals surface area contributed by atoms with Gasteiger partial charge in [-0.15, -0.1) is 0 Å². The molecule has 0 atom stereocenters. The van der Waals surface area contributed by atoms with E-state index in [1.54, 1.807) is 0 Å². The lowest BCUT2D eigenvalue weighted by Crippen LogP contribution is -1.98. The highest BCUT2D eigenvalue weighted by Crippen LogP contribution is 2.17. The third-order valence-electron chi connectivity index (χ3n) is 1.79. The van der Waals surface area contributed by atoms with Crippen molar-refractivity contribution < 1.29 is 0 Å². The molecule has 0 saturated carbocycles. The molecule has 0 aromatic heterocycles. The average Bonchev–Trinajstić information content (AvgIpc) is 2.24. The van der Waals surface area contributed by atoms with Crippen LogP contribution in [-0.4, -0.2) is 6.54 Å². The van der Waals surface area contributed by atoms with Gasteiger partial charge < -0.3 is 5.32 Å². The van der Waals surface area contributed by atoms with Crippen molar-refractivity contribution in [3.05, 3.63) is 35.9 Å². The van der Waals surface area contributed by atoms with Crippen LogP contribution in [0.15, 0.2) is 24.8 Å². The van der Waals surface area contributed by atoms with Gasteiger partial charge in [0, 0.05) is 12.2 Å². The number of nitrogens with one attached hydrogen (secondary N) is 1. The quantitative estimate of drug-likeness (QED) is 0.758. The molecule has 0 bridgehead atoms. The Balaban J connectivity index is 0.000000791. The maximum atomic E-state index is 3.77. The van der Waals surface area contributed by atoms with Crippen LogP contribution in [0.4, 0.5) is 5.69 Å². The van der Waals surface area contributed by atoms with Gasteiger partial charge in [0.25, 0.3) is 0 Å². The van der Waals surface area contributed by atoms with Gasteiger partial charge in [0.05, 0.1) is 0 Å². The molecule has 0 aliphatic heterocycles. The van der Waals surface area contributed by atoms with Crippen LogP contribution in [-0.2, 0) is 0 Å². The van der Waals surface area contributed by atoms with Crippen LogP contribution in [0.1, 0.15) is 31.9 Å². The summed E-state index contributed by atoms with van der Waals surface area (Å²) in [7, 11) is 0. The van der Waals surface area contributed by atoms with Crippen LogP contribution in [0.3, 0.4) is 0 Å². The summed E-state index contributed by atoms with van der Waals surface area (Å²) in [6.07, 6.45) is 1.88. The minimum Gasteiger partial charge on any atom is -0.385 e. The molecule has 1 aromatic rings. The maximum Gasteiger partial charge on any atom is 0.0413 e. The summed E-state index contributed by atoms with van der Waals surface area (Å²) in [5.74, 6) is 0. The molecule has 0 saturated heterocycles. The minimum atomic E-state index is 0.948. The predicted octanol–water partition coefficient (Wildman–Crippen LogP) is 4.10. The molecule has 1 aromatic carbocycles. The van der Waals surface area contributed by atoms with Crippen LogP contribution < -0.4 is 5.32 Å². The van der Waals surface area contributed by atoms with Crippen molar-refractivity contribution in [2.45, 2.75) is 27.7 Å². The Kier molecular flexibility index (Phi) is 6.55. The van der Waals surface area contributed by atoms with E-state index in [0.29, 0.717) is 0 Å². The highest BCUT2D eigenvalue weighted by Gasteiger charge is 1.96. The van der Waals surface area contributed by atoms with E-state index in [1.807, 2.05) is 19.9 Å². The van der Waals surface area contributed by atoms with Gasteiger partial charge in [0.15, 0.2) is 0 Å². The molecular weight excluding hydrogens is 170 g/mol. The second-order valence-corrected chi connectivity index (χ2v) is 2.83. The molecule has 0 aliphatic carbocycles. The molecule has 78 valence electrons. The van der Waals surface area contributed by atoms with E-state index in [1.165, 1.54) is 11.1 Å². The minimum absolute atomic E-state index is 0.948. The normalized spacial score (nSPS) is 8.57. The van der Waals surface area contributed by atoms with Gasteiger partial charge >= 0.3 is 0 Å². The highest BCUT2D eigenvalue weighted by molar-refractivity contribution is 5.66. The zero-order chi connectivity index (χ0) is 11.0. The highest BCUT2D eigenvalue weighted by atomic mass is 14.9. The second kappa shape index (κ2) is 7.19. The van der Waals surface area contributed by atoms with Gasteiger partial charge in [-0.05, 0) is 31.5 Å². The average molecular weight is 191 g/mol. The third kappa shape index (κ3) is 3.65. The molecule has 0 spiro atoms. The van der Waals surface area contributed by atoms with Crippen molar-refractivity contribution in [2.24, 2.45) is 0 Å². The summed E-state index contributed by atoms with van der Waals surface area (Å²) in [6.45, 7) is 12.9. The lowest BCUT2D eigenvalue weighted by molar-refractivity contribution is 1.21. The predicted molar refractivity (Wildman–Crippen MR) is 66.8 cm³/mol. The van der Waals surface area contributed by atoms with Gasteiger partial charge in [-0.2, -0.15) is 0 Å². The summed E-state index contributed by atoms with van der Waals surface area (Å²) in [5.41, 5.74) is 3.61. The topological polar surface area (TPSA) is 12.0 Å². The van der Waals surface area contributed by atoms with Crippen LogP contribution in [0.2, 0.25) is 0 Å². The van der Waals surface area contributed by atoms with E-state index in [0.717, 1.165) is 12.2 Å². The Morgan fingerprint density at radius 3 is 2.50 bits per heavy atom. The van der Waals surface area contributed by atoms with E-state index in [-0.39, 0.29) is 0 Å². The lowest BCUT2D eigenvalue weighted by atomic mass is 10.1. The van der Waals surface area contributed by atoms with Crippen molar-refractivity contribution in [2.75, 3.05) is 11.9 Å². The number of hydrogen-bond acceptors (Lipinski definition) is 1. The summed E-state index contributed by atoms with van der Waals surface area (Å²) < 4.78 is 0. The molecule has 14 heavy (non-hydrogen) atoms. The molecule has 0 heterocycles. The summed E-state index contributed by atoms with van der Waals surface area (Å²) >= 11 is 0. The Hall–Kier alpha value is -1.24. The Labute approximate surface area is 87.9 Å². The zero-order valence-electron chi connectivity index (χ0n) is 9.72. The standard InChI is InChI=1S/C11H15N.C2H6/c1-4-10-8-9(3)6-7-11(10)12-5-2;1-2/h4,6-8,12H,1,5H2,2-3H3;1-2H3. The van der Waals surface area contributed by atoms with Gasteiger partial charge in [-0.25, -0.2) is 0 Å². The fraction of sp³-hybridized carbons (Fsp3) is 0.385. The van der Waals surface area contributed by atoms with Gasteiger partial charge in [-0.3, -0.25) is 0 Å². The first kappa shape index (κ1) is 12.8. The molecule has 0 unspecified atom stereocenters. The number of hydrogen-bond donors (Lipinski definition) is 1. The van der Waals surface area contributed by atoms with Crippen molar-refractivity contribution in [3.8, 4) is 0 Å². The molecular formula is C13H21N. The van der Waals surface area contributed by atoms with E-state index in [9.17, 15) is 0 Å². The first-order valence-corrected chi connectivity index (χ1v) is 5.25. The van der Waals surface area contributed by atoms with Crippen LogP contribution >= 0.6 is 0 Å². The largest absolute Gasteiger partial charge is 0.385 e. The van der Waals surface area contributed by atoms with Crippen molar-refractivity contribution >= 4 is 11.8 Å². The fourth-order valence-corrected chi connectivity index (χ4v) is 1.20.